The van der Waals surface area contributed by atoms with Gasteiger partial charge >= 0.3 is 0 Å². The molecule has 0 fully saturated rings. The number of hydrogen-bond acceptors (Lipinski definition) is 2. The maximum absolute atomic E-state index is 6.29. The van der Waals surface area contributed by atoms with Crippen molar-refractivity contribution < 1.29 is 4.42 Å². The monoisotopic (exact) mass is 419 g/mol. The van der Waals surface area contributed by atoms with E-state index in [-0.39, 0.29) is 0 Å². The first kappa shape index (κ1) is 21.1. The highest BCUT2D eigenvalue weighted by atomic mass is 16.3. The Kier molecular flexibility index (Phi) is 6.13. The number of allylic oxidation sites excluding steroid dienone is 3. The van der Waals surface area contributed by atoms with Crippen molar-refractivity contribution in [3.8, 4) is 0 Å². The van der Waals surface area contributed by atoms with Crippen LogP contribution in [0.25, 0.3) is 27.6 Å². The zero-order valence-electron chi connectivity index (χ0n) is 18.2. The molecule has 0 spiro atoms. The Morgan fingerprint density at radius 2 is 1.62 bits per heavy atom. The van der Waals surface area contributed by atoms with E-state index >= 15 is 0 Å². The van der Waals surface area contributed by atoms with Crippen LogP contribution in [0.1, 0.15) is 25.0 Å². The van der Waals surface area contributed by atoms with Gasteiger partial charge in [0.25, 0.3) is 0 Å². The van der Waals surface area contributed by atoms with Crippen molar-refractivity contribution in [3.05, 3.63) is 114 Å². The van der Waals surface area contributed by atoms with E-state index < -0.39 is 0 Å². The molecule has 0 saturated carbocycles. The predicted octanol–water partition coefficient (Wildman–Crippen LogP) is 6.88. The van der Waals surface area contributed by atoms with E-state index in [0.29, 0.717) is 17.4 Å². The van der Waals surface area contributed by atoms with Gasteiger partial charge < -0.3 is 10.2 Å². The molecule has 0 saturated heterocycles. The van der Waals surface area contributed by atoms with Crippen LogP contribution in [0, 0.1) is 0 Å². The highest BCUT2D eigenvalue weighted by molar-refractivity contribution is 6.13. The molecule has 0 aliphatic heterocycles. The Labute approximate surface area is 187 Å². The van der Waals surface area contributed by atoms with Crippen LogP contribution in [0.3, 0.4) is 0 Å². The first-order valence-corrected chi connectivity index (χ1v) is 10.5. The summed E-state index contributed by atoms with van der Waals surface area (Å²) in [5.41, 5.74) is 11.0. The van der Waals surface area contributed by atoms with Crippen LogP contribution in [-0.2, 0) is 0 Å². The number of hydrogen-bond donors (Lipinski definition) is 1. The van der Waals surface area contributed by atoms with Crippen LogP contribution in [-0.4, -0.2) is 11.7 Å². The Morgan fingerprint density at radius 3 is 2.41 bits per heavy atom. The van der Waals surface area contributed by atoms with Gasteiger partial charge in [0.2, 0.25) is 0 Å². The maximum Gasteiger partial charge on any atom is 0.157 e. The van der Waals surface area contributed by atoms with Crippen molar-refractivity contribution in [3.63, 3.8) is 0 Å². The predicted molar refractivity (Wildman–Crippen MR) is 136 cm³/mol. The zero-order valence-corrected chi connectivity index (χ0v) is 18.2. The summed E-state index contributed by atoms with van der Waals surface area (Å²) in [6.45, 7) is 8.14. The second-order valence-electron chi connectivity index (χ2n) is 7.40. The molecule has 1 aromatic heterocycles. The molecular weight excluding hydrogens is 394 g/mol. The summed E-state index contributed by atoms with van der Waals surface area (Å²) in [4.78, 5) is 9.42. The first-order valence-electron chi connectivity index (χ1n) is 10.5. The number of nitrogens with zero attached hydrogens (tertiary/aromatic N) is 2. The summed E-state index contributed by atoms with van der Waals surface area (Å²) >= 11 is 0. The Hall–Kier alpha value is -4.18. The lowest BCUT2D eigenvalue weighted by Crippen LogP contribution is -2.16. The fourth-order valence-corrected chi connectivity index (χ4v) is 3.47. The molecule has 0 bridgehead atoms. The molecule has 1 heterocycles. The molecular formula is C28H25N3O. The standard InChI is InChI=1S/C28H25N3O/c1-4-5-12-19(2)28(31-27(29)21-13-7-6-8-14-21)30-20(3)22-16-11-17-24-23-15-9-10-18-25(23)32-26(22)24/h4-18H,3H2,1-2H3,(H2,29,30,31)/b5-4-,19-12+. The fraction of sp³-hybridized carbons (Fsp3) is 0.0714. The Morgan fingerprint density at radius 1 is 0.906 bits per heavy atom. The van der Waals surface area contributed by atoms with Crippen molar-refractivity contribution in [2.24, 2.45) is 15.7 Å². The largest absolute Gasteiger partial charge is 0.455 e. The van der Waals surface area contributed by atoms with Crippen molar-refractivity contribution in [1.82, 2.24) is 0 Å². The molecule has 4 aromatic rings. The highest BCUT2D eigenvalue weighted by Gasteiger charge is 2.13. The molecule has 4 rings (SSSR count). The van der Waals surface area contributed by atoms with Gasteiger partial charge in [0, 0.05) is 21.9 Å². The average Bonchev–Trinajstić information content (AvgIpc) is 3.21. The molecule has 4 nitrogen and oxygen atoms in total. The SMILES string of the molecule is C=C(N=C(N=C(N)c1ccccc1)/C(C)=C/C=C\C)c1cccc2c1oc1ccccc12. The summed E-state index contributed by atoms with van der Waals surface area (Å²) in [6.07, 6.45) is 5.85. The van der Waals surface area contributed by atoms with Crippen LogP contribution in [0.5, 0.6) is 0 Å². The van der Waals surface area contributed by atoms with Gasteiger partial charge in [0.1, 0.15) is 17.0 Å². The minimum Gasteiger partial charge on any atom is -0.455 e. The highest BCUT2D eigenvalue weighted by Crippen LogP contribution is 2.33. The summed E-state index contributed by atoms with van der Waals surface area (Å²) in [5.74, 6) is 0.898. The van der Waals surface area contributed by atoms with Crippen LogP contribution in [0.15, 0.2) is 118 Å². The van der Waals surface area contributed by atoms with Crippen LogP contribution < -0.4 is 5.73 Å². The molecule has 2 N–H and O–H groups in total. The topological polar surface area (TPSA) is 63.9 Å². The van der Waals surface area contributed by atoms with E-state index in [1.54, 1.807) is 0 Å². The van der Waals surface area contributed by atoms with Gasteiger partial charge in [-0.3, -0.25) is 0 Å². The molecule has 3 aromatic carbocycles. The van der Waals surface area contributed by atoms with Crippen molar-refractivity contribution in [2.45, 2.75) is 13.8 Å². The average molecular weight is 420 g/mol. The number of nitrogens with two attached hydrogens (primary N) is 1. The van der Waals surface area contributed by atoms with Crippen molar-refractivity contribution in [1.29, 1.82) is 0 Å². The molecule has 158 valence electrons. The van der Waals surface area contributed by atoms with E-state index in [2.05, 4.69) is 17.6 Å². The van der Waals surface area contributed by atoms with E-state index in [1.807, 2.05) is 98.8 Å². The van der Waals surface area contributed by atoms with Gasteiger partial charge in [-0.15, -0.1) is 0 Å². The second-order valence-corrected chi connectivity index (χ2v) is 7.40. The number of amidine groups is 2. The third-order valence-electron chi connectivity index (χ3n) is 5.14. The van der Waals surface area contributed by atoms with E-state index in [9.17, 15) is 0 Å². The number of rotatable bonds is 5. The van der Waals surface area contributed by atoms with E-state index in [0.717, 1.165) is 38.6 Å². The van der Waals surface area contributed by atoms with Gasteiger partial charge in [-0.05, 0) is 31.6 Å². The normalized spacial score (nSPS) is 13.4. The summed E-state index contributed by atoms with van der Waals surface area (Å²) in [6, 6.07) is 23.6. The number of benzene rings is 3. The van der Waals surface area contributed by atoms with Crippen LogP contribution in [0.4, 0.5) is 0 Å². The molecule has 32 heavy (non-hydrogen) atoms. The van der Waals surface area contributed by atoms with Gasteiger partial charge in [-0.25, -0.2) is 9.98 Å². The minimum absolute atomic E-state index is 0.396. The molecule has 0 radical (unpaired) electrons. The van der Waals surface area contributed by atoms with Gasteiger partial charge in [0.15, 0.2) is 5.84 Å². The third-order valence-corrected chi connectivity index (χ3v) is 5.14. The molecule has 4 heteroatoms. The Balaban J connectivity index is 1.82. The lowest BCUT2D eigenvalue weighted by molar-refractivity contribution is 0.667. The van der Waals surface area contributed by atoms with E-state index in [4.69, 9.17) is 15.1 Å². The molecule has 0 atom stereocenters. The Bertz CT molecular complexity index is 1400. The van der Waals surface area contributed by atoms with Crippen molar-refractivity contribution in [2.75, 3.05) is 0 Å². The molecule has 0 aliphatic carbocycles. The third kappa shape index (κ3) is 4.30. The number of fused-ring (bicyclic) bond motifs is 3. The zero-order chi connectivity index (χ0) is 22.5. The summed E-state index contributed by atoms with van der Waals surface area (Å²) < 4.78 is 6.15. The number of aliphatic imine (C=N–C) groups is 2. The van der Waals surface area contributed by atoms with Gasteiger partial charge in [0.05, 0.1) is 5.70 Å². The molecule has 0 amide bonds. The first-order chi connectivity index (χ1) is 15.6. The van der Waals surface area contributed by atoms with Crippen LogP contribution >= 0.6 is 0 Å². The number of para-hydroxylation sites is 2. The lowest BCUT2D eigenvalue weighted by atomic mass is 10.1. The van der Waals surface area contributed by atoms with Gasteiger partial charge in [-0.1, -0.05) is 85.5 Å². The fourth-order valence-electron chi connectivity index (χ4n) is 3.47. The molecule has 0 aliphatic rings. The minimum atomic E-state index is 0.396. The number of furan rings is 1. The van der Waals surface area contributed by atoms with E-state index in [1.165, 1.54) is 0 Å². The van der Waals surface area contributed by atoms with Gasteiger partial charge in [-0.2, -0.15) is 0 Å². The lowest BCUT2D eigenvalue weighted by Gasteiger charge is -2.07. The van der Waals surface area contributed by atoms with Crippen molar-refractivity contribution >= 4 is 39.3 Å². The second kappa shape index (κ2) is 9.31. The smallest absolute Gasteiger partial charge is 0.157 e. The quantitative estimate of drug-likeness (QED) is 0.218. The summed E-state index contributed by atoms with van der Waals surface area (Å²) in [7, 11) is 0. The maximum atomic E-state index is 6.29. The molecule has 0 unspecified atom stereocenters. The van der Waals surface area contributed by atoms with Crippen LogP contribution in [0.2, 0.25) is 0 Å². The summed E-state index contributed by atoms with van der Waals surface area (Å²) in [5, 5.41) is 2.10.